The number of amides is 1. The van der Waals surface area contributed by atoms with E-state index in [0.717, 1.165) is 51.4 Å². The fourth-order valence-corrected chi connectivity index (χ4v) is 4.60. The zero-order chi connectivity index (χ0) is 17.9. The van der Waals surface area contributed by atoms with E-state index in [1.165, 1.54) is 16.1 Å². The van der Waals surface area contributed by atoms with Gasteiger partial charge in [0.2, 0.25) is 5.91 Å². The van der Waals surface area contributed by atoms with E-state index < -0.39 is 0 Å². The molecule has 3 heterocycles. The second-order valence-corrected chi connectivity index (χ2v) is 7.90. The van der Waals surface area contributed by atoms with Gasteiger partial charge in [-0.25, -0.2) is 0 Å². The Morgan fingerprint density at radius 2 is 1.85 bits per heavy atom. The number of fused-ring (bicyclic) bond motifs is 1. The predicted octanol–water partition coefficient (Wildman–Crippen LogP) is 2.46. The number of hydrogen-bond donors (Lipinski definition) is 0. The highest BCUT2D eigenvalue weighted by atomic mass is 32.1. The lowest BCUT2D eigenvalue weighted by molar-refractivity contribution is -0.133. The molecule has 0 radical (unpaired) electrons. The van der Waals surface area contributed by atoms with Gasteiger partial charge in [0.05, 0.1) is 13.7 Å². The SMILES string of the molecule is COc1ccc(N2CCN(CC(=O)N3CCc4sccc4C3)CC2)cc1. The summed E-state index contributed by atoms with van der Waals surface area (Å²) in [4.78, 5) is 20.8. The van der Waals surface area contributed by atoms with E-state index in [2.05, 4.69) is 33.4 Å². The lowest BCUT2D eigenvalue weighted by Gasteiger charge is -2.37. The molecule has 0 unspecified atom stereocenters. The van der Waals surface area contributed by atoms with Crippen molar-refractivity contribution >= 4 is 22.9 Å². The molecule has 0 aliphatic carbocycles. The summed E-state index contributed by atoms with van der Waals surface area (Å²) in [7, 11) is 1.69. The van der Waals surface area contributed by atoms with Crippen molar-refractivity contribution < 1.29 is 9.53 Å². The monoisotopic (exact) mass is 371 g/mol. The van der Waals surface area contributed by atoms with E-state index >= 15 is 0 Å². The first-order valence-electron chi connectivity index (χ1n) is 9.17. The first kappa shape index (κ1) is 17.4. The van der Waals surface area contributed by atoms with Crippen LogP contribution in [0.5, 0.6) is 5.75 Å². The summed E-state index contributed by atoms with van der Waals surface area (Å²) in [6.45, 7) is 5.94. The van der Waals surface area contributed by atoms with Crippen molar-refractivity contribution in [2.24, 2.45) is 0 Å². The second-order valence-electron chi connectivity index (χ2n) is 6.90. The van der Waals surface area contributed by atoms with Crippen LogP contribution in [0.4, 0.5) is 5.69 Å². The zero-order valence-corrected chi connectivity index (χ0v) is 16.0. The molecule has 1 fully saturated rings. The number of rotatable bonds is 4. The van der Waals surface area contributed by atoms with Crippen molar-refractivity contribution in [2.45, 2.75) is 13.0 Å². The Morgan fingerprint density at radius 3 is 2.58 bits per heavy atom. The average molecular weight is 372 g/mol. The minimum atomic E-state index is 0.264. The van der Waals surface area contributed by atoms with Gasteiger partial charge in [-0.15, -0.1) is 11.3 Å². The van der Waals surface area contributed by atoms with E-state index in [1.54, 1.807) is 7.11 Å². The Hall–Kier alpha value is -2.05. The molecule has 0 atom stereocenters. The van der Waals surface area contributed by atoms with Gasteiger partial charge in [0, 0.05) is 49.8 Å². The highest BCUT2D eigenvalue weighted by molar-refractivity contribution is 7.10. The molecule has 2 aliphatic rings. The Balaban J connectivity index is 1.27. The molecule has 0 N–H and O–H groups in total. The van der Waals surface area contributed by atoms with Gasteiger partial charge < -0.3 is 14.5 Å². The Labute approximate surface area is 158 Å². The first-order chi connectivity index (χ1) is 12.7. The summed E-state index contributed by atoms with van der Waals surface area (Å²) in [5.74, 6) is 1.15. The molecule has 1 aromatic carbocycles. The van der Waals surface area contributed by atoms with E-state index in [0.29, 0.717) is 6.54 Å². The van der Waals surface area contributed by atoms with Crippen molar-refractivity contribution in [3.05, 3.63) is 46.2 Å². The van der Waals surface area contributed by atoms with Crippen LogP contribution < -0.4 is 9.64 Å². The van der Waals surface area contributed by atoms with Gasteiger partial charge >= 0.3 is 0 Å². The van der Waals surface area contributed by atoms with Crippen molar-refractivity contribution in [1.82, 2.24) is 9.80 Å². The number of anilines is 1. The summed E-state index contributed by atoms with van der Waals surface area (Å²) in [6.07, 6.45) is 1.00. The maximum atomic E-state index is 12.7. The third kappa shape index (κ3) is 3.71. The van der Waals surface area contributed by atoms with Gasteiger partial charge in [0.1, 0.15) is 5.75 Å². The second kappa shape index (κ2) is 7.68. The van der Waals surface area contributed by atoms with Gasteiger partial charge in [-0.2, -0.15) is 0 Å². The van der Waals surface area contributed by atoms with Gasteiger partial charge in [0.25, 0.3) is 0 Å². The Morgan fingerprint density at radius 1 is 1.08 bits per heavy atom. The van der Waals surface area contributed by atoms with Gasteiger partial charge in [-0.3, -0.25) is 9.69 Å². The highest BCUT2D eigenvalue weighted by Gasteiger charge is 2.25. The largest absolute Gasteiger partial charge is 0.497 e. The van der Waals surface area contributed by atoms with Crippen LogP contribution in [0.3, 0.4) is 0 Å². The number of nitrogens with zero attached hydrogens (tertiary/aromatic N) is 3. The fourth-order valence-electron chi connectivity index (χ4n) is 3.71. The molecular weight excluding hydrogens is 346 g/mol. The molecule has 6 heteroatoms. The molecule has 1 aromatic heterocycles. The maximum Gasteiger partial charge on any atom is 0.237 e. The van der Waals surface area contributed by atoms with Crippen molar-refractivity contribution in [1.29, 1.82) is 0 Å². The molecule has 4 rings (SSSR count). The van der Waals surface area contributed by atoms with Crippen LogP contribution in [0.2, 0.25) is 0 Å². The highest BCUT2D eigenvalue weighted by Crippen LogP contribution is 2.24. The minimum Gasteiger partial charge on any atom is -0.497 e. The third-order valence-corrected chi connectivity index (χ3v) is 6.35. The summed E-state index contributed by atoms with van der Waals surface area (Å²) < 4.78 is 5.22. The van der Waals surface area contributed by atoms with E-state index in [-0.39, 0.29) is 5.91 Å². The third-order valence-electron chi connectivity index (χ3n) is 5.33. The topological polar surface area (TPSA) is 36.0 Å². The molecule has 138 valence electrons. The van der Waals surface area contributed by atoms with Crippen molar-refractivity contribution in [3.8, 4) is 5.75 Å². The number of ether oxygens (including phenoxy) is 1. The van der Waals surface area contributed by atoms with Gasteiger partial charge in [0.15, 0.2) is 0 Å². The molecule has 0 saturated carbocycles. The number of piperazine rings is 1. The number of carbonyl (C=O) groups excluding carboxylic acids is 1. The van der Waals surface area contributed by atoms with Gasteiger partial charge in [-0.05, 0) is 47.7 Å². The fraction of sp³-hybridized carbons (Fsp3) is 0.450. The molecule has 1 amide bonds. The standard InChI is InChI=1S/C20H25N3O2S/c1-25-18-4-2-17(3-5-18)22-11-9-21(10-12-22)15-20(24)23-8-6-19-16(14-23)7-13-26-19/h2-5,7,13H,6,8-12,14-15H2,1H3. The number of methoxy groups -OCH3 is 1. The zero-order valence-electron chi connectivity index (χ0n) is 15.2. The van der Waals surface area contributed by atoms with Crippen LogP contribution in [-0.2, 0) is 17.8 Å². The van der Waals surface area contributed by atoms with Crippen LogP contribution in [-0.4, -0.2) is 62.1 Å². The summed E-state index contributed by atoms with van der Waals surface area (Å²) in [6, 6.07) is 10.4. The lowest BCUT2D eigenvalue weighted by Crippen LogP contribution is -2.50. The molecule has 5 nitrogen and oxygen atoms in total. The quantitative estimate of drug-likeness (QED) is 0.827. The number of hydrogen-bond acceptors (Lipinski definition) is 5. The normalized spacial score (nSPS) is 17.9. The maximum absolute atomic E-state index is 12.7. The van der Waals surface area contributed by atoms with Crippen LogP contribution in [0.15, 0.2) is 35.7 Å². The Kier molecular flexibility index (Phi) is 5.13. The van der Waals surface area contributed by atoms with Gasteiger partial charge in [-0.1, -0.05) is 0 Å². The van der Waals surface area contributed by atoms with E-state index in [1.807, 2.05) is 28.4 Å². The molecule has 1 saturated heterocycles. The first-order valence-corrected chi connectivity index (χ1v) is 10.1. The number of benzene rings is 1. The number of thiophene rings is 1. The van der Waals surface area contributed by atoms with Crippen LogP contribution in [0.1, 0.15) is 10.4 Å². The van der Waals surface area contributed by atoms with Crippen molar-refractivity contribution in [2.75, 3.05) is 51.3 Å². The molecule has 2 aromatic rings. The molecule has 0 spiro atoms. The molecular formula is C20H25N3O2S. The van der Waals surface area contributed by atoms with Crippen LogP contribution >= 0.6 is 11.3 Å². The molecule has 26 heavy (non-hydrogen) atoms. The van der Waals surface area contributed by atoms with E-state index in [9.17, 15) is 4.79 Å². The molecule has 0 bridgehead atoms. The minimum absolute atomic E-state index is 0.264. The predicted molar refractivity (Wildman–Crippen MR) is 105 cm³/mol. The van der Waals surface area contributed by atoms with Crippen LogP contribution in [0.25, 0.3) is 0 Å². The van der Waals surface area contributed by atoms with E-state index in [4.69, 9.17) is 4.74 Å². The van der Waals surface area contributed by atoms with Crippen molar-refractivity contribution in [3.63, 3.8) is 0 Å². The smallest absolute Gasteiger partial charge is 0.237 e. The molecule has 2 aliphatic heterocycles. The average Bonchev–Trinajstić information content (AvgIpc) is 3.16. The Bertz CT molecular complexity index is 751. The summed E-state index contributed by atoms with van der Waals surface area (Å²) in [5, 5.41) is 2.14. The lowest BCUT2D eigenvalue weighted by atomic mass is 10.1. The number of carbonyl (C=O) groups is 1. The summed E-state index contributed by atoms with van der Waals surface area (Å²) in [5.41, 5.74) is 2.55. The van der Waals surface area contributed by atoms with Crippen LogP contribution in [0, 0.1) is 0 Å². The summed E-state index contributed by atoms with van der Waals surface area (Å²) >= 11 is 1.81.